The van der Waals surface area contributed by atoms with Crippen molar-refractivity contribution >= 4 is 23.1 Å². The highest BCUT2D eigenvalue weighted by Gasteiger charge is 2.47. The number of amides is 1. The molecule has 162 valence electrons. The molecule has 4 rings (SSSR count). The molecule has 1 aliphatic rings. The molecule has 0 saturated carbocycles. The van der Waals surface area contributed by atoms with Crippen LogP contribution in [0.1, 0.15) is 28.3 Å². The van der Waals surface area contributed by atoms with E-state index in [0.29, 0.717) is 22.6 Å². The molecule has 3 aromatic carbocycles. The predicted octanol–water partition coefficient (Wildman–Crippen LogP) is 4.64. The van der Waals surface area contributed by atoms with Crippen molar-refractivity contribution in [3.8, 4) is 11.5 Å². The van der Waals surface area contributed by atoms with Gasteiger partial charge >= 0.3 is 0 Å². The molecule has 1 heterocycles. The van der Waals surface area contributed by atoms with Gasteiger partial charge in [0.2, 0.25) is 0 Å². The number of aryl methyl sites for hydroxylation is 1. The second-order valence-electron chi connectivity index (χ2n) is 7.71. The van der Waals surface area contributed by atoms with Gasteiger partial charge in [0.1, 0.15) is 17.3 Å². The van der Waals surface area contributed by atoms with Crippen LogP contribution in [-0.2, 0) is 9.59 Å². The molecule has 0 radical (unpaired) electrons. The maximum Gasteiger partial charge on any atom is 0.300 e. The Morgan fingerprint density at radius 3 is 2.22 bits per heavy atom. The molecule has 2 N–H and O–H groups in total. The molecule has 1 unspecified atom stereocenters. The van der Waals surface area contributed by atoms with E-state index >= 15 is 0 Å². The molecule has 1 atom stereocenters. The molecule has 0 aromatic heterocycles. The zero-order chi connectivity index (χ0) is 23.0. The van der Waals surface area contributed by atoms with Gasteiger partial charge in [-0.15, -0.1) is 0 Å². The number of nitrogens with zero attached hydrogens (tertiary/aromatic N) is 1. The predicted molar refractivity (Wildman–Crippen MR) is 122 cm³/mol. The number of ether oxygens (including phenoxy) is 1. The minimum Gasteiger partial charge on any atom is -0.508 e. The summed E-state index contributed by atoms with van der Waals surface area (Å²) < 4.78 is 5.16. The molecule has 6 heteroatoms. The largest absolute Gasteiger partial charge is 0.508 e. The van der Waals surface area contributed by atoms with E-state index in [1.807, 2.05) is 26.0 Å². The second-order valence-corrected chi connectivity index (χ2v) is 7.71. The van der Waals surface area contributed by atoms with E-state index in [0.717, 1.165) is 11.1 Å². The number of carbonyl (C=O) groups excluding carboxylic acids is 2. The normalized spacial score (nSPS) is 17.6. The maximum atomic E-state index is 13.2. The van der Waals surface area contributed by atoms with Crippen LogP contribution in [-0.4, -0.2) is 29.0 Å². The summed E-state index contributed by atoms with van der Waals surface area (Å²) in [4.78, 5) is 27.8. The van der Waals surface area contributed by atoms with Crippen LogP contribution in [0.2, 0.25) is 0 Å². The summed E-state index contributed by atoms with van der Waals surface area (Å²) in [6.45, 7) is 3.82. The Morgan fingerprint density at radius 1 is 0.938 bits per heavy atom. The molecule has 1 fully saturated rings. The van der Waals surface area contributed by atoms with Gasteiger partial charge in [-0.25, -0.2) is 0 Å². The quantitative estimate of drug-likeness (QED) is 0.358. The van der Waals surface area contributed by atoms with Crippen LogP contribution in [0.4, 0.5) is 5.69 Å². The van der Waals surface area contributed by atoms with Crippen LogP contribution in [0.15, 0.2) is 72.3 Å². The Kier molecular flexibility index (Phi) is 5.45. The SMILES string of the molecule is COc1ccc(/C(O)=C2\C(=O)C(=O)N(c3cccc(C)c3C)C2c2ccc(O)cc2)cc1. The molecule has 1 saturated heterocycles. The topological polar surface area (TPSA) is 87.1 Å². The van der Waals surface area contributed by atoms with Crippen molar-refractivity contribution in [1.82, 2.24) is 0 Å². The maximum absolute atomic E-state index is 13.2. The molecular weight excluding hydrogens is 406 g/mol. The smallest absolute Gasteiger partial charge is 0.300 e. The van der Waals surface area contributed by atoms with Gasteiger partial charge in [-0.05, 0) is 73.0 Å². The number of aliphatic hydroxyl groups excluding tert-OH is 1. The van der Waals surface area contributed by atoms with E-state index in [1.165, 1.54) is 24.1 Å². The fourth-order valence-corrected chi connectivity index (χ4v) is 3.95. The first-order chi connectivity index (χ1) is 15.3. The van der Waals surface area contributed by atoms with Crippen LogP contribution < -0.4 is 9.64 Å². The van der Waals surface area contributed by atoms with Gasteiger partial charge in [0.25, 0.3) is 11.7 Å². The van der Waals surface area contributed by atoms with Crippen molar-refractivity contribution in [2.45, 2.75) is 19.9 Å². The molecular formula is C26H23NO5. The summed E-state index contributed by atoms with van der Waals surface area (Å²) >= 11 is 0. The minimum atomic E-state index is -0.849. The van der Waals surface area contributed by atoms with Crippen molar-refractivity contribution in [1.29, 1.82) is 0 Å². The van der Waals surface area contributed by atoms with E-state index in [2.05, 4.69) is 0 Å². The molecule has 6 nitrogen and oxygen atoms in total. The van der Waals surface area contributed by atoms with Gasteiger partial charge in [0.15, 0.2) is 0 Å². The molecule has 0 spiro atoms. The fourth-order valence-electron chi connectivity index (χ4n) is 3.95. The lowest BCUT2D eigenvalue weighted by Crippen LogP contribution is -2.30. The van der Waals surface area contributed by atoms with E-state index < -0.39 is 17.7 Å². The molecule has 1 amide bonds. The van der Waals surface area contributed by atoms with Gasteiger partial charge in [0.05, 0.1) is 18.7 Å². The standard InChI is InChI=1S/C26H23NO5/c1-15-5-4-6-21(16(15)2)27-23(17-7-11-19(28)12-8-17)22(25(30)26(27)31)24(29)18-9-13-20(32-3)14-10-18/h4-14,23,28-29H,1-3H3/b24-22+. The Labute approximate surface area is 186 Å². The third kappa shape index (κ3) is 3.50. The Morgan fingerprint density at radius 2 is 1.59 bits per heavy atom. The number of phenols is 1. The summed E-state index contributed by atoms with van der Waals surface area (Å²) in [5, 5.41) is 20.9. The summed E-state index contributed by atoms with van der Waals surface area (Å²) in [6, 6.07) is 17.6. The fraction of sp³-hybridized carbons (Fsp3) is 0.154. The van der Waals surface area contributed by atoms with Crippen molar-refractivity contribution < 1.29 is 24.5 Å². The number of phenolic OH excluding ortho intramolecular Hbond substituents is 1. The number of aromatic hydroxyl groups is 1. The van der Waals surface area contributed by atoms with Gasteiger partial charge < -0.3 is 14.9 Å². The third-order valence-corrected chi connectivity index (χ3v) is 5.85. The van der Waals surface area contributed by atoms with Crippen LogP contribution in [0.5, 0.6) is 11.5 Å². The first kappa shape index (κ1) is 21.2. The highest BCUT2D eigenvalue weighted by molar-refractivity contribution is 6.51. The van der Waals surface area contributed by atoms with Crippen LogP contribution >= 0.6 is 0 Å². The average Bonchev–Trinajstić information content (AvgIpc) is 3.06. The number of aliphatic hydroxyl groups is 1. The zero-order valence-corrected chi connectivity index (χ0v) is 18.0. The molecule has 3 aromatic rings. The van der Waals surface area contributed by atoms with Crippen molar-refractivity contribution in [2.75, 3.05) is 12.0 Å². The summed E-state index contributed by atoms with van der Waals surface area (Å²) in [7, 11) is 1.54. The molecule has 32 heavy (non-hydrogen) atoms. The van der Waals surface area contributed by atoms with E-state index in [1.54, 1.807) is 42.5 Å². The molecule has 0 aliphatic carbocycles. The number of anilines is 1. The first-order valence-corrected chi connectivity index (χ1v) is 10.1. The van der Waals surface area contributed by atoms with Crippen molar-refractivity contribution in [3.05, 3.63) is 94.6 Å². The van der Waals surface area contributed by atoms with E-state index in [9.17, 15) is 19.8 Å². The number of carbonyl (C=O) groups is 2. The molecule has 0 bridgehead atoms. The number of hydrogen-bond donors (Lipinski definition) is 2. The number of rotatable bonds is 4. The van der Waals surface area contributed by atoms with E-state index in [-0.39, 0.29) is 17.1 Å². The lowest BCUT2D eigenvalue weighted by Gasteiger charge is -2.27. The minimum absolute atomic E-state index is 0.00763. The number of hydrogen-bond acceptors (Lipinski definition) is 5. The monoisotopic (exact) mass is 429 g/mol. The number of ketones is 1. The number of methoxy groups -OCH3 is 1. The summed E-state index contributed by atoms with van der Waals surface area (Å²) in [6.07, 6.45) is 0. The van der Waals surface area contributed by atoms with Gasteiger partial charge in [-0.3, -0.25) is 14.5 Å². The zero-order valence-electron chi connectivity index (χ0n) is 18.0. The summed E-state index contributed by atoms with van der Waals surface area (Å²) in [5.74, 6) is -1.08. The lowest BCUT2D eigenvalue weighted by atomic mass is 9.94. The van der Waals surface area contributed by atoms with Crippen LogP contribution in [0, 0.1) is 13.8 Å². The Hall–Kier alpha value is -4.06. The number of Topliss-reactive ketones (excluding diaryl/α,β-unsaturated/α-hetero) is 1. The van der Waals surface area contributed by atoms with Gasteiger partial charge in [0, 0.05) is 11.3 Å². The third-order valence-electron chi connectivity index (χ3n) is 5.85. The van der Waals surface area contributed by atoms with Crippen LogP contribution in [0.25, 0.3) is 5.76 Å². The summed E-state index contributed by atoms with van der Waals surface area (Å²) in [5.41, 5.74) is 3.42. The first-order valence-electron chi connectivity index (χ1n) is 10.1. The highest BCUT2D eigenvalue weighted by Crippen LogP contribution is 2.43. The lowest BCUT2D eigenvalue weighted by molar-refractivity contribution is -0.132. The van der Waals surface area contributed by atoms with Gasteiger partial charge in [-0.1, -0.05) is 24.3 Å². The average molecular weight is 429 g/mol. The number of benzene rings is 3. The van der Waals surface area contributed by atoms with Gasteiger partial charge in [-0.2, -0.15) is 0 Å². The van der Waals surface area contributed by atoms with Crippen LogP contribution in [0.3, 0.4) is 0 Å². The highest BCUT2D eigenvalue weighted by atomic mass is 16.5. The second kappa shape index (κ2) is 8.23. The van der Waals surface area contributed by atoms with Crippen molar-refractivity contribution in [3.63, 3.8) is 0 Å². The Bertz CT molecular complexity index is 1230. The Balaban J connectivity index is 1.95. The molecule has 1 aliphatic heterocycles. The van der Waals surface area contributed by atoms with Crippen molar-refractivity contribution in [2.24, 2.45) is 0 Å². The van der Waals surface area contributed by atoms with E-state index in [4.69, 9.17) is 4.74 Å².